The van der Waals surface area contributed by atoms with Crippen LogP contribution in [0.2, 0.25) is 0 Å². The van der Waals surface area contributed by atoms with Crippen LogP contribution >= 0.6 is 0 Å². The lowest BCUT2D eigenvalue weighted by Crippen LogP contribution is -2.42. The van der Waals surface area contributed by atoms with Crippen LogP contribution in [0.5, 0.6) is 0 Å². The molecule has 1 N–H and O–H groups in total. The fraction of sp³-hybridized carbons (Fsp3) is 0.875. The maximum atomic E-state index is 11.8. The van der Waals surface area contributed by atoms with Crippen molar-refractivity contribution in [2.24, 2.45) is 0 Å². The Morgan fingerprint density at radius 1 is 1.11 bits per heavy atom. The fourth-order valence-electron chi connectivity index (χ4n) is 1.12. The van der Waals surface area contributed by atoms with Gasteiger partial charge in [-0.15, -0.1) is 0 Å². The van der Waals surface area contributed by atoms with Crippen LogP contribution in [0.3, 0.4) is 0 Å². The Labute approximate surface area is 107 Å². The molecule has 0 fully saturated rings. The molecule has 108 valence electrons. The number of rotatable bonds is 8. The molecule has 0 atom stereocenters. The summed E-state index contributed by atoms with van der Waals surface area (Å²) in [5.74, 6) is -1.33. The molecule has 0 aromatic carbocycles. The third-order valence-electron chi connectivity index (χ3n) is 1.86. The van der Waals surface area contributed by atoms with Gasteiger partial charge in [0.25, 0.3) is 0 Å². The van der Waals surface area contributed by atoms with Crippen molar-refractivity contribution in [2.45, 2.75) is 0 Å². The first kappa shape index (κ1) is 17.3. The molecular weight excluding hydrogens is 284 g/mol. The molecule has 0 amide bonds. The van der Waals surface area contributed by atoms with E-state index in [0.717, 1.165) is 6.26 Å². The van der Waals surface area contributed by atoms with E-state index in [0.29, 0.717) is 10.8 Å². The zero-order chi connectivity index (χ0) is 14.6. The normalized spacial score (nSPS) is 13.2. The summed E-state index contributed by atoms with van der Waals surface area (Å²) >= 11 is 0. The number of hydrogen-bond donors (Lipinski definition) is 1. The Bertz CT molecular complexity index is 482. The van der Waals surface area contributed by atoms with Crippen molar-refractivity contribution in [3.63, 3.8) is 0 Å². The molecule has 0 saturated heterocycles. The molecule has 0 unspecified atom stereocenters. The molecule has 0 bridgehead atoms. The summed E-state index contributed by atoms with van der Waals surface area (Å²) in [6.45, 7) is -0.515. The summed E-state index contributed by atoms with van der Waals surface area (Å²) < 4.78 is 46.2. The van der Waals surface area contributed by atoms with E-state index in [1.54, 1.807) is 19.0 Å². The topological polar surface area (TPSA) is 112 Å². The highest BCUT2D eigenvalue weighted by molar-refractivity contribution is 8.06. The van der Waals surface area contributed by atoms with Crippen molar-refractivity contribution < 1.29 is 26.7 Å². The molecule has 0 spiro atoms. The van der Waals surface area contributed by atoms with Crippen molar-refractivity contribution >= 4 is 25.8 Å². The third kappa shape index (κ3) is 7.58. The third-order valence-corrected chi connectivity index (χ3v) is 5.87. The van der Waals surface area contributed by atoms with Gasteiger partial charge in [-0.2, -0.15) is 4.31 Å². The van der Waals surface area contributed by atoms with E-state index >= 15 is 0 Å². The van der Waals surface area contributed by atoms with Crippen molar-refractivity contribution in [1.82, 2.24) is 9.21 Å². The molecule has 0 aromatic heterocycles. The lowest BCUT2D eigenvalue weighted by molar-refractivity contribution is -0.137. The van der Waals surface area contributed by atoms with Gasteiger partial charge in [0.05, 0.1) is 0 Å². The Balaban J connectivity index is 4.99. The zero-order valence-electron chi connectivity index (χ0n) is 10.5. The lowest BCUT2D eigenvalue weighted by Gasteiger charge is -2.21. The molecule has 0 aliphatic rings. The van der Waals surface area contributed by atoms with Crippen LogP contribution in [-0.2, 0) is 24.7 Å². The maximum Gasteiger partial charge on any atom is 0.318 e. The average molecular weight is 302 g/mol. The number of likely N-dealkylation sites (N-methyl/N-ethyl adjacent to an activating group) is 1. The predicted octanol–water partition coefficient (Wildman–Crippen LogP) is -1.73. The number of aliphatic carboxylic acids is 1. The molecule has 0 saturated carbocycles. The molecule has 0 aromatic rings. The number of carbonyl (C=O) groups is 1. The van der Waals surface area contributed by atoms with Gasteiger partial charge >= 0.3 is 5.97 Å². The number of hydrogen-bond acceptors (Lipinski definition) is 6. The minimum absolute atomic E-state index is 0.0723. The highest BCUT2D eigenvalue weighted by Crippen LogP contribution is 2.05. The Morgan fingerprint density at radius 3 is 1.94 bits per heavy atom. The highest BCUT2D eigenvalue weighted by atomic mass is 32.3. The second-order valence-electron chi connectivity index (χ2n) is 4.19. The summed E-state index contributed by atoms with van der Waals surface area (Å²) in [5.41, 5.74) is 0. The fourth-order valence-corrected chi connectivity index (χ4v) is 4.55. The van der Waals surface area contributed by atoms with Crippen LogP contribution in [0.25, 0.3) is 0 Å². The van der Waals surface area contributed by atoms with Gasteiger partial charge < -0.3 is 10.0 Å². The molecule has 0 radical (unpaired) electrons. The van der Waals surface area contributed by atoms with E-state index in [9.17, 15) is 21.6 Å². The SMILES string of the molecule is CN(C)CCN(CC(=O)O)S(=O)(=O)CS(C)(=O)=O. The van der Waals surface area contributed by atoms with E-state index in [1.165, 1.54) is 0 Å². The Hall–Kier alpha value is -0.710. The summed E-state index contributed by atoms with van der Waals surface area (Å²) in [6, 6.07) is 0. The number of nitrogens with zero attached hydrogens (tertiary/aromatic N) is 2. The molecular formula is C8H18N2O6S2. The van der Waals surface area contributed by atoms with E-state index in [2.05, 4.69) is 0 Å². The quantitative estimate of drug-likeness (QED) is 0.566. The van der Waals surface area contributed by atoms with Gasteiger partial charge in [-0.25, -0.2) is 16.8 Å². The molecule has 0 aliphatic carbocycles. The van der Waals surface area contributed by atoms with Crippen LogP contribution in [0, 0.1) is 0 Å². The van der Waals surface area contributed by atoms with Crippen LogP contribution in [0.4, 0.5) is 0 Å². The van der Waals surface area contributed by atoms with Crippen LogP contribution in [0.1, 0.15) is 0 Å². The monoisotopic (exact) mass is 302 g/mol. The number of carboxylic acids is 1. The van der Waals surface area contributed by atoms with Gasteiger partial charge in [-0.05, 0) is 14.1 Å². The van der Waals surface area contributed by atoms with Crippen molar-refractivity contribution in [3.05, 3.63) is 0 Å². The van der Waals surface area contributed by atoms with Crippen molar-refractivity contribution in [3.8, 4) is 0 Å². The second kappa shape index (κ2) is 6.45. The second-order valence-corrected chi connectivity index (χ2v) is 8.66. The Morgan fingerprint density at radius 2 is 1.61 bits per heavy atom. The number of sulfonamides is 1. The maximum absolute atomic E-state index is 11.8. The van der Waals surface area contributed by atoms with Crippen LogP contribution in [-0.4, -0.2) is 82.2 Å². The molecule has 8 nitrogen and oxygen atoms in total. The van der Waals surface area contributed by atoms with E-state index in [1.807, 2.05) is 0 Å². The van der Waals surface area contributed by atoms with Crippen molar-refractivity contribution in [1.29, 1.82) is 0 Å². The van der Waals surface area contributed by atoms with Gasteiger partial charge in [0.15, 0.2) is 14.9 Å². The standard InChI is InChI=1S/C8H18N2O6S2/c1-9(2)4-5-10(6-8(11)12)18(15,16)7-17(3,13)14/h4-7H2,1-3H3,(H,11,12). The number of sulfone groups is 1. The average Bonchev–Trinajstić information content (AvgIpc) is 2.06. The van der Waals surface area contributed by atoms with Gasteiger partial charge in [0.2, 0.25) is 10.0 Å². The summed E-state index contributed by atoms with van der Waals surface area (Å²) in [7, 11) is -4.48. The highest BCUT2D eigenvalue weighted by Gasteiger charge is 2.28. The van der Waals surface area contributed by atoms with Crippen LogP contribution < -0.4 is 0 Å². The van der Waals surface area contributed by atoms with Gasteiger partial charge in [0.1, 0.15) is 6.54 Å². The van der Waals surface area contributed by atoms with Gasteiger partial charge in [-0.3, -0.25) is 4.79 Å². The smallest absolute Gasteiger partial charge is 0.318 e. The van der Waals surface area contributed by atoms with Gasteiger partial charge in [0, 0.05) is 19.3 Å². The summed E-state index contributed by atoms with van der Waals surface area (Å²) in [4.78, 5) is 12.3. The zero-order valence-corrected chi connectivity index (χ0v) is 12.2. The summed E-state index contributed by atoms with van der Waals surface area (Å²) in [6.07, 6.45) is 0.787. The lowest BCUT2D eigenvalue weighted by atomic mass is 10.5. The summed E-state index contributed by atoms with van der Waals surface area (Å²) in [5, 5.41) is 7.56. The first-order chi connectivity index (χ1) is 7.94. The molecule has 10 heteroatoms. The molecule has 0 heterocycles. The Kier molecular flexibility index (Phi) is 6.20. The van der Waals surface area contributed by atoms with Crippen LogP contribution in [0.15, 0.2) is 0 Å². The minimum atomic E-state index is -4.13. The number of carboxylic acid groups (broad SMARTS) is 1. The van der Waals surface area contributed by atoms with E-state index < -0.39 is 37.5 Å². The largest absolute Gasteiger partial charge is 0.480 e. The first-order valence-corrected chi connectivity index (χ1v) is 8.63. The van der Waals surface area contributed by atoms with Crippen molar-refractivity contribution in [2.75, 3.05) is 45.1 Å². The molecule has 0 rings (SSSR count). The first-order valence-electron chi connectivity index (χ1n) is 4.96. The van der Waals surface area contributed by atoms with E-state index in [-0.39, 0.29) is 6.54 Å². The predicted molar refractivity (Wildman–Crippen MR) is 66.4 cm³/mol. The van der Waals surface area contributed by atoms with E-state index in [4.69, 9.17) is 5.11 Å². The minimum Gasteiger partial charge on any atom is -0.480 e. The van der Waals surface area contributed by atoms with Gasteiger partial charge in [-0.1, -0.05) is 0 Å². The molecule has 18 heavy (non-hydrogen) atoms. The molecule has 0 aliphatic heterocycles.